The minimum Gasteiger partial charge on any atom is -0.462 e. The summed E-state index contributed by atoms with van der Waals surface area (Å²) in [6, 6.07) is 3.47. The number of esters is 2. The number of aromatic amines is 1. The summed E-state index contributed by atoms with van der Waals surface area (Å²) in [5.74, 6) is -2.10. The molecule has 0 fully saturated rings. The fraction of sp³-hybridized carbons (Fsp3) is 0.350. The number of carbonyl (C=O) groups is 3. The molecule has 0 saturated carbocycles. The van der Waals surface area contributed by atoms with Gasteiger partial charge in [0.05, 0.1) is 29.0 Å². The van der Waals surface area contributed by atoms with Crippen molar-refractivity contribution in [1.29, 1.82) is 0 Å². The maximum Gasteiger partial charge on any atom is 0.416 e. The van der Waals surface area contributed by atoms with Gasteiger partial charge in [-0.1, -0.05) is 0 Å². The molecule has 0 aliphatic carbocycles. The zero-order valence-electron chi connectivity index (χ0n) is 16.3. The third-order valence-corrected chi connectivity index (χ3v) is 4.26. The van der Waals surface area contributed by atoms with Crippen molar-refractivity contribution in [3.63, 3.8) is 0 Å². The maximum absolute atomic E-state index is 12.7. The lowest BCUT2D eigenvalue weighted by Crippen LogP contribution is -2.25. The first-order valence-corrected chi connectivity index (χ1v) is 8.76. The van der Waals surface area contributed by atoms with Crippen molar-refractivity contribution in [2.24, 2.45) is 0 Å². The van der Waals surface area contributed by atoms with E-state index in [2.05, 4.69) is 4.98 Å². The number of benzene rings is 1. The summed E-state index contributed by atoms with van der Waals surface area (Å²) in [5, 5.41) is 0. The number of hydrogen-bond donors (Lipinski definition) is 1. The average Bonchev–Trinajstić information content (AvgIpc) is 2.94. The summed E-state index contributed by atoms with van der Waals surface area (Å²) in [4.78, 5) is 39.7. The Hall–Kier alpha value is -3.10. The third kappa shape index (κ3) is 4.85. The number of H-pyrrole nitrogens is 1. The quantitative estimate of drug-likeness (QED) is 0.567. The summed E-state index contributed by atoms with van der Waals surface area (Å²) < 4.78 is 47.9. The highest BCUT2D eigenvalue weighted by atomic mass is 19.4. The Morgan fingerprint density at radius 2 is 1.66 bits per heavy atom. The van der Waals surface area contributed by atoms with E-state index in [-0.39, 0.29) is 23.4 Å². The standard InChI is InChI=1S/C20H20F3NO5/c1-5-28-19(27)15-10(2)16(24-11(15)3)17(25)12(4)29-18(26)13-6-8-14(9-7-13)20(21,22)23/h6-9,12,24H,5H2,1-4H3/t12-/m0/s1. The van der Waals surface area contributed by atoms with Gasteiger partial charge in [0.25, 0.3) is 0 Å². The summed E-state index contributed by atoms with van der Waals surface area (Å²) in [6.07, 6.45) is -5.75. The molecule has 1 aromatic heterocycles. The van der Waals surface area contributed by atoms with E-state index in [0.29, 0.717) is 11.3 Å². The van der Waals surface area contributed by atoms with Crippen LogP contribution in [0.1, 0.15) is 61.9 Å². The van der Waals surface area contributed by atoms with Gasteiger partial charge in [0.2, 0.25) is 5.78 Å². The molecule has 1 aromatic carbocycles. The first kappa shape index (κ1) is 22.2. The minimum absolute atomic E-state index is 0.0956. The Balaban J connectivity index is 2.16. The van der Waals surface area contributed by atoms with Crippen molar-refractivity contribution in [3.8, 4) is 0 Å². The van der Waals surface area contributed by atoms with Gasteiger partial charge in [-0.15, -0.1) is 0 Å². The molecule has 0 radical (unpaired) electrons. The topological polar surface area (TPSA) is 85.5 Å². The van der Waals surface area contributed by atoms with Crippen LogP contribution in [0, 0.1) is 13.8 Å². The van der Waals surface area contributed by atoms with E-state index in [1.807, 2.05) is 0 Å². The van der Waals surface area contributed by atoms with Crippen molar-refractivity contribution in [3.05, 3.63) is 57.9 Å². The number of nitrogens with one attached hydrogen (secondary N) is 1. The first-order valence-electron chi connectivity index (χ1n) is 8.76. The molecule has 0 aliphatic heterocycles. The summed E-state index contributed by atoms with van der Waals surface area (Å²) >= 11 is 0. The lowest BCUT2D eigenvalue weighted by Gasteiger charge is -2.13. The van der Waals surface area contributed by atoms with Crippen LogP contribution in [0.2, 0.25) is 0 Å². The Bertz CT molecular complexity index is 929. The number of aromatic nitrogens is 1. The predicted molar refractivity (Wildman–Crippen MR) is 96.9 cm³/mol. The van der Waals surface area contributed by atoms with Crippen LogP contribution in [0.4, 0.5) is 13.2 Å². The van der Waals surface area contributed by atoms with Crippen LogP contribution in [0.15, 0.2) is 24.3 Å². The van der Waals surface area contributed by atoms with E-state index in [4.69, 9.17) is 9.47 Å². The van der Waals surface area contributed by atoms with Gasteiger partial charge < -0.3 is 14.5 Å². The minimum atomic E-state index is -4.52. The number of ether oxygens (including phenoxy) is 2. The monoisotopic (exact) mass is 411 g/mol. The van der Waals surface area contributed by atoms with Crippen molar-refractivity contribution < 1.29 is 37.0 Å². The highest BCUT2D eigenvalue weighted by molar-refractivity contribution is 6.04. The highest BCUT2D eigenvalue weighted by Gasteiger charge is 2.31. The second-order valence-electron chi connectivity index (χ2n) is 6.33. The second-order valence-corrected chi connectivity index (χ2v) is 6.33. The molecule has 0 bridgehead atoms. The normalized spacial score (nSPS) is 12.4. The smallest absolute Gasteiger partial charge is 0.416 e. The van der Waals surface area contributed by atoms with Crippen LogP contribution in [-0.4, -0.2) is 35.4 Å². The molecular formula is C20H20F3NO5. The number of hydrogen-bond acceptors (Lipinski definition) is 5. The molecular weight excluding hydrogens is 391 g/mol. The van der Waals surface area contributed by atoms with Crippen LogP contribution in [0.5, 0.6) is 0 Å². The van der Waals surface area contributed by atoms with Crippen molar-refractivity contribution >= 4 is 17.7 Å². The summed E-state index contributed by atoms with van der Waals surface area (Å²) in [5.41, 5.74) is 0.107. The molecule has 1 N–H and O–H groups in total. The fourth-order valence-electron chi connectivity index (χ4n) is 2.79. The van der Waals surface area contributed by atoms with Gasteiger partial charge in [-0.3, -0.25) is 4.79 Å². The zero-order chi connectivity index (χ0) is 21.9. The van der Waals surface area contributed by atoms with Crippen LogP contribution in [0.3, 0.4) is 0 Å². The molecule has 0 spiro atoms. The van der Waals surface area contributed by atoms with Crippen LogP contribution < -0.4 is 0 Å². The van der Waals surface area contributed by atoms with E-state index in [9.17, 15) is 27.6 Å². The molecule has 0 amide bonds. The molecule has 0 saturated heterocycles. The maximum atomic E-state index is 12.7. The van der Waals surface area contributed by atoms with E-state index < -0.39 is 35.6 Å². The van der Waals surface area contributed by atoms with Crippen molar-refractivity contribution in [2.45, 2.75) is 40.0 Å². The average molecular weight is 411 g/mol. The molecule has 2 aromatic rings. The zero-order valence-corrected chi connectivity index (χ0v) is 16.3. The van der Waals surface area contributed by atoms with Gasteiger partial charge in [-0.25, -0.2) is 9.59 Å². The predicted octanol–water partition coefficient (Wildman–Crippen LogP) is 4.26. The van der Waals surface area contributed by atoms with E-state index >= 15 is 0 Å². The Morgan fingerprint density at radius 3 is 2.17 bits per heavy atom. The molecule has 1 heterocycles. The lowest BCUT2D eigenvalue weighted by atomic mass is 10.1. The number of Topliss-reactive ketones (excluding diaryl/α,β-unsaturated/α-hetero) is 1. The van der Waals surface area contributed by atoms with Crippen molar-refractivity contribution in [1.82, 2.24) is 4.98 Å². The lowest BCUT2D eigenvalue weighted by molar-refractivity contribution is -0.137. The fourth-order valence-corrected chi connectivity index (χ4v) is 2.79. The van der Waals surface area contributed by atoms with Crippen LogP contribution in [0.25, 0.3) is 0 Å². The number of rotatable bonds is 6. The number of carbonyl (C=O) groups excluding carboxylic acids is 3. The Kier molecular flexibility index (Phi) is 6.51. The molecule has 0 unspecified atom stereocenters. The third-order valence-electron chi connectivity index (χ3n) is 4.26. The number of alkyl halides is 3. The first-order chi connectivity index (χ1) is 13.5. The van der Waals surface area contributed by atoms with Crippen LogP contribution >= 0.6 is 0 Å². The van der Waals surface area contributed by atoms with E-state index in [1.165, 1.54) is 6.92 Å². The van der Waals surface area contributed by atoms with Gasteiger partial charge in [-0.2, -0.15) is 13.2 Å². The van der Waals surface area contributed by atoms with Crippen LogP contribution in [-0.2, 0) is 15.7 Å². The molecule has 2 rings (SSSR count). The number of aryl methyl sites for hydroxylation is 1. The van der Waals surface area contributed by atoms with E-state index in [0.717, 1.165) is 24.3 Å². The Labute approximate surface area is 165 Å². The molecule has 156 valence electrons. The van der Waals surface area contributed by atoms with Gasteiger partial charge in [0.1, 0.15) is 0 Å². The largest absolute Gasteiger partial charge is 0.462 e. The summed E-state index contributed by atoms with van der Waals surface area (Å²) in [7, 11) is 0. The second kappa shape index (κ2) is 8.50. The number of ketones is 1. The summed E-state index contributed by atoms with van der Waals surface area (Å²) in [6.45, 7) is 6.34. The SMILES string of the molecule is CCOC(=O)c1c(C)[nH]c(C(=O)[C@H](C)OC(=O)c2ccc(C(F)(F)F)cc2)c1C. The van der Waals surface area contributed by atoms with Gasteiger partial charge in [0.15, 0.2) is 6.10 Å². The number of halogens is 3. The van der Waals surface area contributed by atoms with Crippen molar-refractivity contribution in [2.75, 3.05) is 6.61 Å². The highest BCUT2D eigenvalue weighted by Crippen LogP contribution is 2.29. The molecule has 9 heteroatoms. The molecule has 0 aliphatic rings. The van der Waals surface area contributed by atoms with Gasteiger partial charge in [0, 0.05) is 5.69 Å². The van der Waals surface area contributed by atoms with Gasteiger partial charge in [-0.05, 0) is 57.5 Å². The molecule has 6 nitrogen and oxygen atoms in total. The van der Waals surface area contributed by atoms with Gasteiger partial charge >= 0.3 is 18.1 Å². The van der Waals surface area contributed by atoms with E-state index in [1.54, 1.807) is 20.8 Å². The Morgan fingerprint density at radius 1 is 1.07 bits per heavy atom. The molecule has 29 heavy (non-hydrogen) atoms. The molecule has 1 atom stereocenters.